The Bertz CT molecular complexity index is 301. The van der Waals surface area contributed by atoms with Crippen LogP contribution >= 0.6 is 0 Å². The molecule has 1 saturated heterocycles. The highest BCUT2D eigenvalue weighted by Gasteiger charge is 2.26. The molecule has 1 fully saturated rings. The summed E-state index contributed by atoms with van der Waals surface area (Å²) in [5, 5.41) is 0. The molecule has 1 aliphatic heterocycles. The van der Waals surface area contributed by atoms with Crippen LogP contribution in [0.4, 0.5) is 4.39 Å². The molecule has 0 radical (unpaired) electrons. The Morgan fingerprint density at radius 3 is 2.57 bits per heavy atom. The molecule has 14 heavy (non-hydrogen) atoms. The normalized spacial score (nSPS) is 26.4. The third-order valence-electron chi connectivity index (χ3n) is 2.17. The minimum absolute atomic E-state index is 0.0972. The Morgan fingerprint density at radius 2 is 2.00 bits per heavy atom. The van der Waals surface area contributed by atoms with Gasteiger partial charge >= 0.3 is 0 Å². The van der Waals surface area contributed by atoms with E-state index in [1.807, 2.05) is 0 Å². The molecule has 0 bridgehead atoms. The van der Waals surface area contributed by atoms with E-state index in [2.05, 4.69) is 0 Å². The van der Waals surface area contributed by atoms with E-state index in [0.29, 0.717) is 19.0 Å². The molecule has 0 aromatic heterocycles. The van der Waals surface area contributed by atoms with Crippen molar-refractivity contribution in [1.29, 1.82) is 0 Å². The Hall–Kier alpha value is -1.13. The van der Waals surface area contributed by atoms with Crippen LogP contribution in [0.3, 0.4) is 0 Å². The maximum absolute atomic E-state index is 12.6. The Balaban J connectivity index is 2.00. The number of nitrogens with two attached hydrogens (primary N) is 1. The fraction of sp³-hybridized carbons (Fsp3) is 0.400. The van der Waals surface area contributed by atoms with Gasteiger partial charge in [-0.15, -0.1) is 0 Å². The lowest BCUT2D eigenvalue weighted by Crippen LogP contribution is -2.37. The van der Waals surface area contributed by atoms with E-state index in [1.165, 1.54) is 12.1 Å². The van der Waals surface area contributed by atoms with E-state index in [0.717, 1.165) is 0 Å². The topological polar surface area (TPSA) is 44.5 Å². The van der Waals surface area contributed by atoms with Crippen molar-refractivity contribution >= 4 is 0 Å². The zero-order chi connectivity index (χ0) is 9.97. The molecule has 1 aromatic rings. The SMILES string of the molecule is N[C@@H]1COC[C@H]1Oc1ccc(F)cc1. The summed E-state index contributed by atoms with van der Waals surface area (Å²) in [6.07, 6.45) is -0.125. The van der Waals surface area contributed by atoms with E-state index in [1.54, 1.807) is 12.1 Å². The zero-order valence-corrected chi connectivity index (χ0v) is 7.65. The first-order valence-corrected chi connectivity index (χ1v) is 4.51. The van der Waals surface area contributed by atoms with Crippen molar-refractivity contribution in [3.63, 3.8) is 0 Å². The predicted molar refractivity (Wildman–Crippen MR) is 49.6 cm³/mol. The van der Waals surface area contributed by atoms with E-state index in [4.69, 9.17) is 15.2 Å². The maximum atomic E-state index is 12.6. The molecule has 2 rings (SSSR count). The Morgan fingerprint density at radius 1 is 1.29 bits per heavy atom. The summed E-state index contributed by atoms with van der Waals surface area (Å²) in [5.41, 5.74) is 5.73. The number of benzene rings is 1. The van der Waals surface area contributed by atoms with Crippen LogP contribution in [-0.4, -0.2) is 25.4 Å². The van der Waals surface area contributed by atoms with Crippen LogP contribution in [0.2, 0.25) is 0 Å². The lowest BCUT2D eigenvalue weighted by molar-refractivity contribution is 0.140. The number of hydrogen-bond acceptors (Lipinski definition) is 3. The molecule has 3 nitrogen and oxygen atoms in total. The first kappa shape index (κ1) is 9.43. The molecule has 0 saturated carbocycles. The lowest BCUT2D eigenvalue weighted by atomic mass is 10.2. The van der Waals surface area contributed by atoms with E-state index in [9.17, 15) is 4.39 Å². The van der Waals surface area contributed by atoms with Crippen molar-refractivity contribution in [2.75, 3.05) is 13.2 Å². The van der Waals surface area contributed by atoms with Gasteiger partial charge in [-0.3, -0.25) is 0 Å². The van der Waals surface area contributed by atoms with Crippen molar-refractivity contribution < 1.29 is 13.9 Å². The summed E-state index contributed by atoms with van der Waals surface area (Å²) >= 11 is 0. The molecule has 2 atom stereocenters. The van der Waals surface area contributed by atoms with Crippen LogP contribution in [0.25, 0.3) is 0 Å². The fourth-order valence-corrected chi connectivity index (χ4v) is 1.36. The molecule has 0 spiro atoms. The molecular formula is C10H12FNO2. The van der Waals surface area contributed by atoms with Crippen LogP contribution in [0.5, 0.6) is 5.75 Å². The second-order valence-corrected chi connectivity index (χ2v) is 3.31. The van der Waals surface area contributed by atoms with Gasteiger partial charge in [0.2, 0.25) is 0 Å². The van der Waals surface area contributed by atoms with E-state index >= 15 is 0 Å². The zero-order valence-electron chi connectivity index (χ0n) is 7.65. The third-order valence-corrected chi connectivity index (χ3v) is 2.17. The van der Waals surface area contributed by atoms with Crippen molar-refractivity contribution in [1.82, 2.24) is 0 Å². The van der Waals surface area contributed by atoms with Gasteiger partial charge in [-0.25, -0.2) is 4.39 Å². The number of halogens is 1. The van der Waals surface area contributed by atoms with Crippen molar-refractivity contribution in [2.24, 2.45) is 5.73 Å². The van der Waals surface area contributed by atoms with Gasteiger partial charge in [-0.1, -0.05) is 0 Å². The average Bonchev–Trinajstić information content (AvgIpc) is 2.56. The van der Waals surface area contributed by atoms with Crippen LogP contribution < -0.4 is 10.5 Å². The molecule has 0 unspecified atom stereocenters. The number of rotatable bonds is 2. The largest absolute Gasteiger partial charge is 0.486 e. The molecule has 1 aliphatic rings. The quantitative estimate of drug-likeness (QED) is 0.767. The first-order valence-electron chi connectivity index (χ1n) is 4.51. The highest BCUT2D eigenvalue weighted by Crippen LogP contribution is 2.16. The van der Waals surface area contributed by atoms with Crippen LogP contribution in [0, 0.1) is 5.82 Å². The van der Waals surface area contributed by atoms with Gasteiger partial charge in [0.15, 0.2) is 0 Å². The summed E-state index contributed by atoms with van der Waals surface area (Å²) in [4.78, 5) is 0. The van der Waals surface area contributed by atoms with Crippen molar-refractivity contribution in [3.8, 4) is 5.75 Å². The van der Waals surface area contributed by atoms with Crippen molar-refractivity contribution in [3.05, 3.63) is 30.1 Å². The second kappa shape index (κ2) is 3.94. The van der Waals surface area contributed by atoms with Gasteiger partial charge in [0.05, 0.1) is 19.3 Å². The van der Waals surface area contributed by atoms with Crippen LogP contribution in [-0.2, 0) is 4.74 Å². The van der Waals surface area contributed by atoms with Crippen molar-refractivity contribution in [2.45, 2.75) is 12.1 Å². The molecular weight excluding hydrogens is 185 g/mol. The Kier molecular flexibility index (Phi) is 2.65. The molecule has 4 heteroatoms. The van der Waals surface area contributed by atoms with Crippen LogP contribution in [0.1, 0.15) is 0 Å². The number of ether oxygens (including phenoxy) is 2. The molecule has 2 N–H and O–H groups in total. The van der Waals surface area contributed by atoms with Crippen LogP contribution in [0.15, 0.2) is 24.3 Å². The molecule has 76 valence electrons. The van der Waals surface area contributed by atoms with Gasteiger partial charge in [-0.05, 0) is 24.3 Å². The smallest absolute Gasteiger partial charge is 0.139 e. The second-order valence-electron chi connectivity index (χ2n) is 3.31. The summed E-state index contributed by atoms with van der Waals surface area (Å²) in [7, 11) is 0. The maximum Gasteiger partial charge on any atom is 0.139 e. The standard InChI is InChI=1S/C10H12FNO2/c11-7-1-3-8(4-2-7)14-10-6-13-5-9(10)12/h1-4,9-10H,5-6,12H2/t9-,10-/m1/s1. The lowest BCUT2D eigenvalue weighted by Gasteiger charge is -2.15. The van der Waals surface area contributed by atoms with Gasteiger partial charge in [-0.2, -0.15) is 0 Å². The van der Waals surface area contributed by atoms with Gasteiger partial charge in [0, 0.05) is 0 Å². The fourth-order valence-electron chi connectivity index (χ4n) is 1.36. The minimum Gasteiger partial charge on any atom is -0.486 e. The van der Waals surface area contributed by atoms with Gasteiger partial charge in [0.1, 0.15) is 17.7 Å². The molecule has 1 heterocycles. The summed E-state index contributed by atoms with van der Waals surface area (Å²) in [6, 6.07) is 5.79. The summed E-state index contributed by atoms with van der Waals surface area (Å²) in [6.45, 7) is 1.02. The molecule has 0 aliphatic carbocycles. The molecule has 1 aromatic carbocycles. The molecule has 0 amide bonds. The summed E-state index contributed by atoms with van der Waals surface area (Å²) < 4.78 is 23.2. The minimum atomic E-state index is -0.274. The summed E-state index contributed by atoms with van der Waals surface area (Å²) in [5.74, 6) is 0.349. The van der Waals surface area contributed by atoms with E-state index in [-0.39, 0.29) is 18.0 Å². The number of hydrogen-bond donors (Lipinski definition) is 1. The Labute approximate surface area is 81.6 Å². The van der Waals surface area contributed by atoms with Gasteiger partial charge in [0.25, 0.3) is 0 Å². The van der Waals surface area contributed by atoms with E-state index < -0.39 is 0 Å². The first-order chi connectivity index (χ1) is 6.75. The highest BCUT2D eigenvalue weighted by atomic mass is 19.1. The highest BCUT2D eigenvalue weighted by molar-refractivity contribution is 5.22. The van der Waals surface area contributed by atoms with Gasteiger partial charge < -0.3 is 15.2 Å². The monoisotopic (exact) mass is 197 g/mol. The third kappa shape index (κ3) is 2.02. The average molecular weight is 197 g/mol. The predicted octanol–water partition coefficient (Wildman–Crippen LogP) is 0.931.